The van der Waals surface area contributed by atoms with Gasteiger partial charge in [0.05, 0.1) is 19.1 Å². The average Bonchev–Trinajstić information content (AvgIpc) is 3.31. The van der Waals surface area contributed by atoms with Gasteiger partial charge in [-0.25, -0.2) is 9.80 Å². The van der Waals surface area contributed by atoms with Crippen LogP contribution >= 0.6 is 23.5 Å². The fraction of sp³-hybridized carbons (Fsp3) is 0.227. The van der Waals surface area contributed by atoms with E-state index >= 15 is 0 Å². The molecule has 0 bridgehead atoms. The number of ether oxygens (including phenoxy) is 2. The maximum Gasteiger partial charge on any atom is 0.365 e. The lowest BCUT2D eigenvalue weighted by Gasteiger charge is -2.41. The topological polar surface area (TPSA) is 71.4 Å². The lowest BCUT2D eigenvalue weighted by atomic mass is 10.2. The highest BCUT2D eigenvalue weighted by Crippen LogP contribution is 2.60. The lowest BCUT2D eigenvalue weighted by molar-refractivity contribution is -0.132. The standard InChI is InChI=1S/C22H21N3O4S2/c1-14-19(15(2)26)30-22(24(14)16-10-6-5-7-11-16)25(23-20(31-22)21(27)29-4)17-12-8-9-13-18(17)28-3/h5-13H,1-4H3/t22-/m1/s1. The zero-order valence-corrected chi connectivity index (χ0v) is 19.1. The molecule has 0 unspecified atom stereocenters. The minimum absolute atomic E-state index is 0.0487. The lowest BCUT2D eigenvalue weighted by Crippen LogP contribution is -2.49. The van der Waals surface area contributed by atoms with Crippen molar-refractivity contribution < 1.29 is 19.1 Å². The molecule has 2 aliphatic rings. The molecule has 2 aromatic rings. The molecule has 1 atom stereocenters. The minimum Gasteiger partial charge on any atom is -0.495 e. The van der Waals surface area contributed by atoms with Crippen LogP contribution in [0.25, 0.3) is 0 Å². The van der Waals surface area contributed by atoms with Gasteiger partial charge in [0.25, 0.3) is 0 Å². The predicted octanol–water partition coefficient (Wildman–Crippen LogP) is 4.42. The molecule has 0 radical (unpaired) electrons. The van der Waals surface area contributed by atoms with Gasteiger partial charge < -0.3 is 14.4 Å². The van der Waals surface area contributed by atoms with Crippen LogP contribution in [0.4, 0.5) is 11.4 Å². The number of allylic oxidation sites excluding steroid dienone is 2. The van der Waals surface area contributed by atoms with E-state index in [1.54, 1.807) is 19.0 Å². The van der Waals surface area contributed by atoms with Crippen LogP contribution in [0, 0.1) is 0 Å². The first-order valence-electron chi connectivity index (χ1n) is 9.48. The summed E-state index contributed by atoms with van der Waals surface area (Å²) in [5.41, 5.74) is 2.33. The second-order valence-corrected chi connectivity index (χ2v) is 9.37. The molecule has 9 heteroatoms. The third-order valence-corrected chi connectivity index (χ3v) is 7.85. The number of anilines is 2. The van der Waals surface area contributed by atoms with Crippen molar-refractivity contribution in [1.82, 2.24) is 0 Å². The van der Waals surface area contributed by atoms with Gasteiger partial charge in [-0.3, -0.25) is 4.79 Å². The first kappa shape index (κ1) is 21.3. The molecule has 160 valence electrons. The highest BCUT2D eigenvalue weighted by Gasteiger charge is 2.58. The Morgan fingerprint density at radius 2 is 1.68 bits per heavy atom. The average molecular weight is 456 g/mol. The number of carbonyl (C=O) groups is 2. The Kier molecular flexibility index (Phi) is 5.72. The molecular weight excluding hydrogens is 434 g/mol. The summed E-state index contributed by atoms with van der Waals surface area (Å²) in [5.74, 6) is 0.0107. The molecule has 0 saturated heterocycles. The van der Waals surface area contributed by atoms with Gasteiger partial charge in [-0.1, -0.05) is 42.1 Å². The van der Waals surface area contributed by atoms with Gasteiger partial charge in [0.1, 0.15) is 11.4 Å². The molecule has 0 amide bonds. The molecule has 0 fully saturated rings. The minimum atomic E-state index is -0.982. The fourth-order valence-corrected chi connectivity index (χ4v) is 6.52. The Labute approximate surface area is 189 Å². The molecule has 0 N–H and O–H groups in total. The summed E-state index contributed by atoms with van der Waals surface area (Å²) in [7, 11) is 2.91. The van der Waals surface area contributed by atoms with E-state index in [4.69, 9.17) is 9.47 Å². The van der Waals surface area contributed by atoms with Crippen LogP contribution in [0.15, 0.2) is 70.3 Å². The smallest absolute Gasteiger partial charge is 0.365 e. The molecule has 1 spiro atoms. The Balaban J connectivity index is 1.94. The van der Waals surface area contributed by atoms with E-state index in [9.17, 15) is 9.59 Å². The van der Waals surface area contributed by atoms with Crippen molar-refractivity contribution in [3.05, 3.63) is 65.2 Å². The van der Waals surface area contributed by atoms with Crippen molar-refractivity contribution >= 4 is 51.7 Å². The van der Waals surface area contributed by atoms with Crippen LogP contribution in [-0.2, 0) is 14.3 Å². The summed E-state index contributed by atoms with van der Waals surface area (Å²) in [6, 6.07) is 17.2. The predicted molar refractivity (Wildman–Crippen MR) is 125 cm³/mol. The molecule has 7 nitrogen and oxygen atoms in total. The maximum atomic E-state index is 12.5. The van der Waals surface area contributed by atoms with Gasteiger partial charge >= 0.3 is 5.97 Å². The van der Waals surface area contributed by atoms with Crippen molar-refractivity contribution in [2.24, 2.45) is 5.10 Å². The number of methoxy groups -OCH3 is 2. The number of ketones is 1. The largest absolute Gasteiger partial charge is 0.495 e. The van der Waals surface area contributed by atoms with Gasteiger partial charge in [-0.05, 0) is 49.9 Å². The number of hydrogen-bond donors (Lipinski definition) is 0. The first-order chi connectivity index (χ1) is 14.9. The number of hydrazone groups is 1. The zero-order chi connectivity index (χ0) is 22.2. The van der Waals surface area contributed by atoms with E-state index in [2.05, 4.69) is 5.10 Å². The van der Waals surface area contributed by atoms with Crippen LogP contribution in [-0.4, -0.2) is 35.3 Å². The van der Waals surface area contributed by atoms with Crippen LogP contribution < -0.4 is 14.6 Å². The van der Waals surface area contributed by atoms with Crippen molar-refractivity contribution in [2.45, 2.75) is 18.2 Å². The second kappa shape index (κ2) is 8.32. The van der Waals surface area contributed by atoms with Crippen molar-refractivity contribution in [2.75, 3.05) is 24.1 Å². The molecule has 2 aliphatic heterocycles. The van der Waals surface area contributed by atoms with Gasteiger partial charge in [0.15, 0.2) is 5.78 Å². The van der Waals surface area contributed by atoms with Gasteiger partial charge in [-0.2, -0.15) is 5.10 Å². The number of para-hydroxylation sites is 3. The number of esters is 1. The first-order valence-corrected chi connectivity index (χ1v) is 11.1. The second-order valence-electron chi connectivity index (χ2n) is 6.77. The normalized spacial score (nSPS) is 20.3. The molecule has 0 saturated carbocycles. The summed E-state index contributed by atoms with van der Waals surface area (Å²) in [6.07, 6.45) is 0. The van der Waals surface area contributed by atoms with Crippen molar-refractivity contribution in [3.8, 4) is 5.75 Å². The van der Waals surface area contributed by atoms with Crippen LogP contribution in [0.3, 0.4) is 0 Å². The fourth-order valence-electron chi connectivity index (χ4n) is 3.56. The van der Waals surface area contributed by atoms with Gasteiger partial charge in [-0.15, -0.1) is 0 Å². The Hall–Kier alpha value is -2.91. The van der Waals surface area contributed by atoms with Gasteiger partial charge in [0, 0.05) is 11.4 Å². The third kappa shape index (κ3) is 3.47. The molecule has 31 heavy (non-hydrogen) atoms. The summed E-state index contributed by atoms with van der Waals surface area (Å²) >= 11 is 2.60. The molecule has 2 aromatic carbocycles. The van der Waals surface area contributed by atoms with Crippen LogP contribution in [0.1, 0.15) is 13.8 Å². The van der Waals surface area contributed by atoms with E-state index in [0.29, 0.717) is 16.3 Å². The summed E-state index contributed by atoms with van der Waals surface area (Å²) < 4.78 is 9.56. The maximum absolute atomic E-state index is 12.5. The van der Waals surface area contributed by atoms with Crippen molar-refractivity contribution in [3.63, 3.8) is 0 Å². The number of hydrogen-bond acceptors (Lipinski definition) is 9. The number of Topliss-reactive ketones (excluding diaryl/α,β-unsaturated/α-hetero) is 1. The monoisotopic (exact) mass is 455 g/mol. The highest BCUT2D eigenvalue weighted by molar-refractivity contribution is 8.29. The third-order valence-electron chi connectivity index (χ3n) is 4.88. The van der Waals surface area contributed by atoms with Gasteiger partial charge in [0.2, 0.25) is 9.37 Å². The summed E-state index contributed by atoms with van der Waals surface area (Å²) in [6.45, 7) is 3.45. The number of benzene rings is 2. The molecule has 0 aromatic heterocycles. The number of rotatable bonds is 5. The zero-order valence-electron chi connectivity index (χ0n) is 17.5. The quantitative estimate of drug-likeness (QED) is 0.614. The Bertz CT molecular complexity index is 1100. The van der Waals surface area contributed by atoms with E-state index in [0.717, 1.165) is 11.4 Å². The van der Waals surface area contributed by atoms with E-state index in [1.807, 2.05) is 66.4 Å². The summed E-state index contributed by atoms with van der Waals surface area (Å²) in [4.78, 5) is 27.7. The van der Waals surface area contributed by atoms with Crippen LogP contribution in [0.2, 0.25) is 0 Å². The number of nitrogens with zero attached hydrogens (tertiary/aromatic N) is 3. The van der Waals surface area contributed by atoms with Crippen molar-refractivity contribution in [1.29, 1.82) is 0 Å². The highest BCUT2D eigenvalue weighted by atomic mass is 32.2. The summed E-state index contributed by atoms with van der Waals surface area (Å²) in [5, 5.41) is 6.56. The van der Waals surface area contributed by atoms with E-state index in [-0.39, 0.29) is 10.8 Å². The SMILES string of the molecule is COC(=O)C1=NN(c2ccccc2OC)[C@@]2(S1)SC(C(C)=O)=C(C)N2c1ccccc1. The molecule has 2 heterocycles. The Morgan fingerprint density at radius 1 is 1.00 bits per heavy atom. The number of thioether (sulfide) groups is 2. The van der Waals surface area contributed by atoms with E-state index in [1.165, 1.54) is 30.6 Å². The van der Waals surface area contributed by atoms with E-state index < -0.39 is 10.3 Å². The Morgan fingerprint density at radius 3 is 2.32 bits per heavy atom. The number of carbonyl (C=O) groups excluding carboxylic acids is 2. The molecule has 4 rings (SSSR count). The molecule has 0 aliphatic carbocycles. The molecular formula is C22H21N3O4S2. The van der Waals surface area contributed by atoms with Crippen LogP contribution in [0.5, 0.6) is 5.75 Å².